The molecule has 0 fully saturated rings. The first-order chi connectivity index (χ1) is 16.7. The van der Waals surface area contributed by atoms with E-state index in [1.165, 1.54) is 32.8 Å². The fraction of sp³-hybridized carbons (Fsp3) is 0.423. The van der Waals surface area contributed by atoms with Crippen LogP contribution in [0.1, 0.15) is 57.8 Å². The van der Waals surface area contributed by atoms with E-state index in [0.717, 1.165) is 42.7 Å². The minimum absolute atomic E-state index is 0.00793. The molecule has 0 bridgehead atoms. The Bertz CT molecular complexity index is 1040. The van der Waals surface area contributed by atoms with Crippen LogP contribution in [-0.2, 0) is 4.79 Å². The lowest BCUT2D eigenvalue weighted by Gasteiger charge is -2.07. The summed E-state index contributed by atoms with van der Waals surface area (Å²) in [7, 11) is 1.37. The number of hydrogen-bond acceptors (Lipinski definition) is 6. The maximum absolute atomic E-state index is 12.2. The molecule has 0 aliphatic carbocycles. The number of ether oxygens (including phenoxy) is 2. The number of hydrogen-bond donors (Lipinski definition) is 1. The van der Waals surface area contributed by atoms with E-state index >= 15 is 0 Å². The number of carbonyl (C=O) groups excluding carboxylic acids is 1. The predicted molar refractivity (Wildman–Crippen MR) is 131 cm³/mol. The fourth-order valence-electron chi connectivity index (χ4n) is 3.57. The SMILES string of the molecule is COc1nn(-c2ccc(NC(=O)CCCCCCCCCCOc3ccccc3)cc2)c(=O)o1. The minimum atomic E-state index is -0.634. The molecule has 0 radical (unpaired) electrons. The highest BCUT2D eigenvalue weighted by molar-refractivity contribution is 5.90. The molecule has 1 amide bonds. The summed E-state index contributed by atoms with van der Waals surface area (Å²) in [4.78, 5) is 23.9. The number of benzene rings is 2. The molecule has 0 saturated heterocycles. The van der Waals surface area contributed by atoms with Gasteiger partial charge in [0.1, 0.15) is 5.75 Å². The zero-order valence-corrected chi connectivity index (χ0v) is 19.7. The average Bonchev–Trinajstić information content (AvgIpc) is 3.24. The lowest BCUT2D eigenvalue weighted by molar-refractivity contribution is -0.116. The van der Waals surface area contributed by atoms with Crippen LogP contribution in [0, 0.1) is 0 Å². The Morgan fingerprint density at radius 1 is 0.912 bits per heavy atom. The van der Waals surface area contributed by atoms with Crippen molar-refractivity contribution in [3.63, 3.8) is 0 Å². The van der Waals surface area contributed by atoms with E-state index in [1.807, 2.05) is 30.3 Å². The second-order valence-electron chi connectivity index (χ2n) is 8.08. The number of methoxy groups -OCH3 is 1. The van der Waals surface area contributed by atoms with Gasteiger partial charge in [-0.25, -0.2) is 4.79 Å². The van der Waals surface area contributed by atoms with E-state index in [9.17, 15) is 9.59 Å². The van der Waals surface area contributed by atoms with Crippen molar-refractivity contribution in [3.8, 4) is 17.5 Å². The van der Waals surface area contributed by atoms with Crippen LogP contribution in [0.4, 0.5) is 5.69 Å². The number of aromatic nitrogens is 2. The number of nitrogens with one attached hydrogen (secondary N) is 1. The van der Waals surface area contributed by atoms with Crippen LogP contribution < -0.4 is 20.5 Å². The number of carbonyl (C=O) groups is 1. The molecule has 1 heterocycles. The third-order valence-electron chi connectivity index (χ3n) is 5.41. The molecule has 1 N–H and O–H groups in total. The zero-order valence-electron chi connectivity index (χ0n) is 19.7. The number of unbranched alkanes of at least 4 members (excludes halogenated alkanes) is 7. The van der Waals surface area contributed by atoms with Gasteiger partial charge in [-0.2, -0.15) is 4.68 Å². The van der Waals surface area contributed by atoms with E-state index in [-0.39, 0.29) is 12.0 Å². The van der Waals surface area contributed by atoms with Gasteiger partial charge in [0.05, 0.1) is 19.4 Å². The summed E-state index contributed by atoms with van der Waals surface area (Å²) in [5.74, 6) is 0.296. The van der Waals surface area contributed by atoms with Crippen LogP contribution in [0.15, 0.2) is 63.8 Å². The van der Waals surface area contributed by atoms with Gasteiger partial charge in [0, 0.05) is 12.1 Å². The Labute approximate surface area is 199 Å². The number of rotatable bonds is 15. The first-order valence-corrected chi connectivity index (χ1v) is 11.9. The third kappa shape index (κ3) is 8.42. The number of para-hydroxylation sites is 1. The van der Waals surface area contributed by atoms with Crippen LogP contribution in [0.3, 0.4) is 0 Å². The van der Waals surface area contributed by atoms with Crippen molar-refractivity contribution >= 4 is 11.6 Å². The predicted octanol–water partition coefficient (Wildman–Crippen LogP) is 5.36. The van der Waals surface area contributed by atoms with Gasteiger partial charge in [0.2, 0.25) is 5.91 Å². The molecule has 0 spiro atoms. The van der Waals surface area contributed by atoms with E-state index in [2.05, 4.69) is 10.4 Å². The van der Waals surface area contributed by atoms with Crippen LogP contribution in [0.5, 0.6) is 11.8 Å². The highest BCUT2D eigenvalue weighted by Gasteiger charge is 2.10. The number of amides is 1. The third-order valence-corrected chi connectivity index (χ3v) is 5.41. The molecule has 2 aromatic carbocycles. The quantitative estimate of drug-likeness (QED) is 0.302. The standard InChI is InChI=1S/C26H33N3O5/c1-32-25-28-29(26(31)34-25)22-18-16-21(17-19-22)27-24(30)15-11-6-4-2-3-5-7-12-20-33-23-13-9-8-10-14-23/h8-10,13-14,16-19H,2-7,11-12,15,20H2,1H3,(H,27,30). The lowest BCUT2D eigenvalue weighted by Crippen LogP contribution is -2.14. The van der Waals surface area contributed by atoms with Crippen molar-refractivity contribution < 1.29 is 18.7 Å². The summed E-state index contributed by atoms with van der Waals surface area (Å²) in [5.41, 5.74) is 1.20. The molecule has 182 valence electrons. The summed E-state index contributed by atoms with van der Waals surface area (Å²) in [6.07, 6.45) is 9.41. The fourth-order valence-corrected chi connectivity index (χ4v) is 3.57. The van der Waals surface area contributed by atoms with Crippen LogP contribution in [-0.4, -0.2) is 29.4 Å². The maximum atomic E-state index is 12.2. The van der Waals surface area contributed by atoms with Gasteiger partial charge in [0.15, 0.2) is 0 Å². The van der Waals surface area contributed by atoms with Gasteiger partial charge in [-0.15, -0.1) is 0 Å². The summed E-state index contributed by atoms with van der Waals surface area (Å²) in [6, 6.07) is 16.8. The Kier molecular flexibility index (Phi) is 10.2. The smallest absolute Gasteiger partial charge is 0.444 e. The van der Waals surface area contributed by atoms with E-state index in [0.29, 0.717) is 17.8 Å². The van der Waals surface area contributed by atoms with Gasteiger partial charge in [-0.1, -0.05) is 61.8 Å². The van der Waals surface area contributed by atoms with E-state index in [1.54, 1.807) is 24.3 Å². The molecule has 1 aromatic heterocycles. The first-order valence-electron chi connectivity index (χ1n) is 11.9. The Balaban J connectivity index is 1.20. The molecule has 0 atom stereocenters. The van der Waals surface area contributed by atoms with Crippen LogP contribution in [0.25, 0.3) is 5.69 Å². The molecular formula is C26H33N3O5. The Morgan fingerprint density at radius 3 is 2.21 bits per heavy atom. The Morgan fingerprint density at radius 2 is 1.56 bits per heavy atom. The molecule has 34 heavy (non-hydrogen) atoms. The highest BCUT2D eigenvalue weighted by atomic mass is 16.6. The number of anilines is 1. The largest absolute Gasteiger partial charge is 0.494 e. The van der Waals surface area contributed by atoms with Crippen LogP contribution >= 0.6 is 0 Å². The normalized spacial score (nSPS) is 10.7. The molecule has 3 aromatic rings. The van der Waals surface area contributed by atoms with Gasteiger partial charge in [-0.3, -0.25) is 4.79 Å². The lowest BCUT2D eigenvalue weighted by atomic mass is 10.1. The second-order valence-corrected chi connectivity index (χ2v) is 8.08. The topological polar surface area (TPSA) is 95.6 Å². The summed E-state index contributed by atoms with van der Waals surface area (Å²) in [6.45, 7) is 0.773. The second kappa shape index (κ2) is 13.9. The van der Waals surface area contributed by atoms with E-state index in [4.69, 9.17) is 13.9 Å². The highest BCUT2D eigenvalue weighted by Crippen LogP contribution is 2.15. The Hall–Kier alpha value is -3.55. The van der Waals surface area contributed by atoms with Crippen molar-refractivity contribution in [2.24, 2.45) is 0 Å². The first kappa shape index (κ1) is 25.1. The molecule has 0 aliphatic heterocycles. The maximum Gasteiger partial charge on any atom is 0.444 e. The molecule has 0 saturated carbocycles. The summed E-state index contributed by atoms with van der Waals surface area (Å²) in [5, 5.41) is 6.80. The van der Waals surface area contributed by atoms with Crippen molar-refractivity contribution in [3.05, 3.63) is 65.1 Å². The van der Waals surface area contributed by atoms with Gasteiger partial charge in [0.25, 0.3) is 0 Å². The average molecular weight is 468 g/mol. The van der Waals surface area contributed by atoms with Crippen molar-refractivity contribution in [2.75, 3.05) is 19.0 Å². The molecule has 0 aliphatic rings. The van der Waals surface area contributed by atoms with Gasteiger partial charge in [-0.05, 0) is 49.2 Å². The van der Waals surface area contributed by atoms with Crippen LogP contribution in [0.2, 0.25) is 0 Å². The minimum Gasteiger partial charge on any atom is -0.494 e. The molecular weight excluding hydrogens is 434 g/mol. The monoisotopic (exact) mass is 467 g/mol. The number of nitrogens with zero attached hydrogens (tertiary/aromatic N) is 2. The summed E-state index contributed by atoms with van der Waals surface area (Å²) < 4.78 is 16.4. The van der Waals surface area contributed by atoms with Gasteiger partial charge < -0.3 is 19.2 Å². The molecule has 0 unspecified atom stereocenters. The van der Waals surface area contributed by atoms with Crippen molar-refractivity contribution in [1.82, 2.24) is 9.78 Å². The molecule has 8 heteroatoms. The molecule has 8 nitrogen and oxygen atoms in total. The zero-order chi connectivity index (χ0) is 24.0. The molecule has 3 rings (SSSR count). The summed E-state index contributed by atoms with van der Waals surface area (Å²) >= 11 is 0. The van der Waals surface area contributed by atoms with Crippen molar-refractivity contribution in [2.45, 2.75) is 57.8 Å². The van der Waals surface area contributed by atoms with Gasteiger partial charge >= 0.3 is 11.8 Å². The van der Waals surface area contributed by atoms with E-state index < -0.39 is 5.76 Å². The van der Waals surface area contributed by atoms with Crippen molar-refractivity contribution in [1.29, 1.82) is 0 Å².